The van der Waals surface area contributed by atoms with Crippen LogP contribution in [0.5, 0.6) is 11.5 Å². The molecule has 0 aliphatic rings. The van der Waals surface area contributed by atoms with E-state index in [2.05, 4.69) is 0 Å². The molecule has 0 saturated carbocycles. The second kappa shape index (κ2) is 5.31. The van der Waals surface area contributed by atoms with Crippen molar-refractivity contribution in [3.63, 3.8) is 0 Å². The number of hydrogen-bond acceptors (Lipinski definition) is 1. The van der Waals surface area contributed by atoms with Crippen molar-refractivity contribution >= 4 is 11.6 Å². The quantitative estimate of drug-likeness (QED) is 0.740. The predicted molar refractivity (Wildman–Crippen MR) is 62.4 cm³/mol. The average molecular weight is 273 g/mol. The van der Waals surface area contributed by atoms with Crippen LogP contribution in [0.25, 0.3) is 0 Å². The molecule has 94 valence electrons. The highest BCUT2D eigenvalue weighted by Crippen LogP contribution is 2.31. The van der Waals surface area contributed by atoms with Crippen molar-refractivity contribution in [1.82, 2.24) is 0 Å². The van der Waals surface area contributed by atoms with E-state index in [1.165, 1.54) is 6.07 Å². The molecule has 0 unspecified atom stereocenters. The van der Waals surface area contributed by atoms with E-state index in [4.69, 9.17) is 16.3 Å². The van der Waals surface area contributed by atoms with Crippen molar-refractivity contribution in [2.75, 3.05) is 0 Å². The summed E-state index contributed by atoms with van der Waals surface area (Å²) in [7, 11) is 0. The van der Waals surface area contributed by atoms with E-state index in [1.54, 1.807) is 6.07 Å². The van der Waals surface area contributed by atoms with Crippen molar-refractivity contribution in [1.29, 1.82) is 0 Å². The summed E-state index contributed by atoms with van der Waals surface area (Å²) in [5, 5.41) is 0. The number of halogens is 4. The van der Waals surface area contributed by atoms with Gasteiger partial charge in [0, 0.05) is 11.6 Å². The maximum absolute atomic E-state index is 13.6. The first-order chi connectivity index (χ1) is 8.61. The third-order valence-corrected chi connectivity index (χ3v) is 2.59. The van der Waals surface area contributed by atoms with Gasteiger partial charge in [-0.2, -0.15) is 0 Å². The molecular weight excluding hydrogens is 265 g/mol. The Labute approximate surface area is 107 Å². The topological polar surface area (TPSA) is 9.23 Å². The minimum atomic E-state index is -0.778. The first-order valence-corrected chi connectivity index (χ1v) is 5.61. The van der Waals surface area contributed by atoms with Gasteiger partial charge in [0.2, 0.25) is 0 Å². The van der Waals surface area contributed by atoms with Gasteiger partial charge in [0.1, 0.15) is 5.82 Å². The van der Waals surface area contributed by atoms with Gasteiger partial charge in [-0.3, -0.25) is 0 Å². The van der Waals surface area contributed by atoms with Gasteiger partial charge < -0.3 is 4.74 Å². The van der Waals surface area contributed by atoms with E-state index in [1.807, 2.05) is 0 Å². The lowest BCUT2D eigenvalue weighted by molar-refractivity contribution is 0.407. The number of benzene rings is 2. The van der Waals surface area contributed by atoms with Gasteiger partial charge in [0.15, 0.2) is 23.1 Å². The molecular formula is C13H8ClF3O. The molecule has 1 nitrogen and oxygen atoms in total. The van der Waals surface area contributed by atoms with Gasteiger partial charge in [-0.15, -0.1) is 11.6 Å². The van der Waals surface area contributed by atoms with E-state index >= 15 is 0 Å². The molecule has 0 N–H and O–H groups in total. The maximum atomic E-state index is 13.6. The summed E-state index contributed by atoms with van der Waals surface area (Å²) in [6, 6.07) is 6.87. The summed E-state index contributed by atoms with van der Waals surface area (Å²) in [5.74, 6) is -2.71. The molecule has 0 atom stereocenters. The van der Waals surface area contributed by atoms with Gasteiger partial charge >= 0.3 is 0 Å². The fraction of sp³-hybridized carbons (Fsp3) is 0.0769. The van der Waals surface area contributed by atoms with E-state index in [0.29, 0.717) is 5.56 Å². The minimum absolute atomic E-state index is 0.00400. The van der Waals surface area contributed by atoms with Crippen molar-refractivity contribution in [2.24, 2.45) is 0 Å². The smallest absolute Gasteiger partial charge is 0.167 e. The largest absolute Gasteiger partial charge is 0.451 e. The van der Waals surface area contributed by atoms with Gasteiger partial charge in [-0.1, -0.05) is 12.1 Å². The fourth-order valence-electron chi connectivity index (χ4n) is 1.44. The highest BCUT2D eigenvalue weighted by atomic mass is 35.5. The van der Waals surface area contributed by atoms with Crippen LogP contribution in [0.4, 0.5) is 13.2 Å². The highest BCUT2D eigenvalue weighted by molar-refractivity contribution is 6.17. The number of para-hydroxylation sites is 1. The number of alkyl halides is 1. The predicted octanol–water partition coefficient (Wildman–Crippen LogP) is 4.64. The van der Waals surface area contributed by atoms with Crippen molar-refractivity contribution < 1.29 is 17.9 Å². The Bertz CT molecular complexity index is 572. The van der Waals surface area contributed by atoms with E-state index < -0.39 is 17.5 Å². The van der Waals surface area contributed by atoms with E-state index in [9.17, 15) is 13.2 Å². The van der Waals surface area contributed by atoms with Gasteiger partial charge in [-0.05, 0) is 18.2 Å². The van der Waals surface area contributed by atoms with Crippen molar-refractivity contribution in [3.8, 4) is 11.5 Å². The monoisotopic (exact) mass is 272 g/mol. The standard InChI is InChI=1S/C13H8ClF3O/c14-7-8-2-1-3-11(17)13(8)18-12-6-9(15)4-5-10(12)16/h1-6H,7H2. The molecule has 0 bridgehead atoms. The van der Waals surface area contributed by atoms with Crippen LogP contribution < -0.4 is 4.74 Å². The Morgan fingerprint density at radius 3 is 2.50 bits per heavy atom. The molecule has 0 aromatic heterocycles. The Morgan fingerprint density at radius 2 is 1.78 bits per heavy atom. The Kier molecular flexibility index (Phi) is 3.77. The minimum Gasteiger partial charge on any atom is -0.451 e. The van der Waals surface area contributed by atoms with Crippen LogP contribution in [0.3, 0.4) is 0 Å². The summed E-state index contributed by atoms with van der Waals surface area (Å²) in [6.07, 6.45) is 0. The summed E-state index contributed by atoms with van der Waals surface area (Å²) < 4.78 is 45.0. The van der Waals surface area contributed by atoms with E-state index in [-0.39, 0.29) is 17.4 Å². The van der Waals surface area contributed by atoms with Crippen LogP contribution in [0.1, 0.15) is 5.56 Å². The molecule has 0 saturated heterocycles. The lowest BCUT2D eigenvalue weighted by atomic mass is 10.2. The zero-order valence-electron chi connectivity index (χ0n) is 9.09. The van der Waals surface area contributed by atoms with Crippen LogP contribution in [0.2, 0.25) is 0 Å². The molecule has 0 spiro atoms. The van der Waals surface area contributed by atoms with Crippen LogP contribution in [-0.4, -0.2) is 0 Å². The highest BCUT2D eigenvalue weighted by Gasteiger charge is 2.13. The van der Waals surface area contributed by atoms with Gasteiger partial charge in [0.05, 0.1) is 5.88 Å². The molecule has 2 aromatic carbocycles. The second-order valence-electron chi connectivity index (χ2n) is 3.54. The normalized spacial score (nSPS) is 10.4. The molecule has 18 heavy (non-hydrogen) atoms. The molecule has 0 heterocycles. The lowest BCUT2D eigenvalue weighted by Crippen LogP contribution is -1.96. The summed E-state index contributed by atoms with van der Waals surface area (Å²) in [6.45, 7) is 0. The molecule has 0 aliphatic carbocycles. The molecule has 2 rings (SSSR count). The first kappa shape index (κ1) is 12.8. The number of rotatable bonds is 3. The number of hydrogen-bond donors (Lipinski definition) is 0. The number of ether oxygens (including phenoxy) is 1. The van der Waals surface area contributed by atoms with E-state index in [0.717, 1.165) is 24.3 Å². The zero-order chi connectivity index (χ0) is 13.1. The van der Waals surface area contributed by atoms with Gasteiger partial charge in [-0.25, -0.2) is 13.2 Å². The Balaban J connectivity index is 2.42. The molecule has 0 radical (unpaired) electrons. The third kappa shape index (κ3) is 2.59. The summed E-state index contributed by atoms with van der Waals surface area (Å²) in [5.41, 5.74) is 0.361. The zero-order valence-corrected chi connectivity index (χ0v) is 9.85. The van der Waals surface area contributed by atoms with Crippen LogP contribution in [-0.2, 0) is 5.88 Å². The lowest BCUT2D eigenvalue weighted by Gasteiger charge is -2.11. The molecule has 0 fully saturated rings. The third-order valence-electron chi connectivity index (χ3n) is 2.30. The molecule has 2 aromatic rings. The first-order valence-electron chi connectivity index (χ1n) is 5.08. The fourth-order valence-corrected chi connectivity index (χ4v) is 1.65. The van der Waals surface area contributed by atoms with Crippen molar-refractivity contribution in [3.05, 3.63) is 59.4 Å². The summed E-state index contributed by atoms with van der Waals surface area (Å²) >= 11 is 5.63. The Hall–Kier alpha value is -1.68. The second-order valence-corrected chi connectivity index (χ2v) is 3.81. The average Bonchev–Trinajstić information content (AvgIpc) is 2.36. The molecule has 0 amide bonds. The van der Waals surface area contributed by atoms with Crippen LogP contribution in [0.15, 0.2) is 36.4 Å². The molecule has 0 aliphatic heterocycles. The maximum Gasteiger partial charge on any atom is 0.167 e. The van der Waals surface area contributed by atoms with Crippen molar-refractivity contribution in [2.45, 2.75) is 5.88 Å². The summed E-state index contributed by atoms with van der Waals surface area (Å²) in [4.78, 5) is 0. The van der Waals surface area contributed by atoms with Crippen LogP contribution >= 0.6 is 11.6 Å². The molecule has 5 heteroatoms. The SMILES string of the molecule is Fc1ccc(F)c(Oc2c(F)cccc2CCl)c1. The van der Waals surface area contributed by atoms with Crippen LogP contribution in [0, 0.1) is 17.5 Å². The Morgan fingerprint density at radius 1 is 1.00 bits per heavy atom. The van der Waals surface area contributed by atoms with Gasteiger partial charge in [0.25, 0.3) is 0 Å².